The minimum atomic E-state index is 0.646. The van der Waals surface area contributed by atoms with Gasteiger partial charge in [0.25, 0.3) is 0 Å². The first-order valence-electron chi connectivity index (χ1n) is 6.73. The fourth-order valence-electron chi connectivity index (χ4n) is 2.52. The van der Waals surface area contributed by atoms with E-state index in [0.29, 0.717) is 6.54 Å². The average Bonchev–Trinajstić information content (AvgIpc) is 3.10. The summed E-state index contributed by atoms with van der Waals surface area (Å²) in [5.41, 5.74) is 4.09. The van der Waals surface area contributed by atoms with Crippen molar-refractivity contribution in [1.82, 2.24) is 15.2 Å². The fraction of sp³-hybridized carbons (Fsp3) is 0.0625. The first-order chi connectivity index (χ1) is 10.3. The van der Waals surface area contributed by atoms with Gasteiger partial charge in [-0.05, 0) is 24.3 Å². The van der Waals surface area contributed by atoms with Crippen molar-refractivity contribution in [3.63, 3.8) is 0 Å². The Hall–Kier alpha value is -2.46. The summed E-state index contributed by atoms with van der Waals surface area (Å²) >= 11 is 6.41. The Bertz CT molecular complexity index is 922. The van der Waals surface area contributed by atoms with Crippen molar-refractivity contribution in [3.05, 3.63) is 59.4 Å². The number of rotatable bonds is 3. The molecule has 4 nitrogen and oxygen atoms in total. The Kier molecular flexibility index (Phi) is 2.82. The number of halogens is 1. The summed E-state index contributed by atoms with van der Waals surface area (Å²) < 4.78 is 0. The van der Waals surface area contributed by atoms with Crippen LogP contribution in [0.4, 0.5) is 5.69 Å². The van der Waals surface area contributed by atoms with Crippen molar-refractivity contribution in [3.8, 4) is 0 Å². The molecule has 0 amide bonds. The van der Waals surface area contributed by atoms with Crippen LogP contribution in [0.2, 0.25) is 5.02 Å². The number of benzene rings is 2. The van der Waals surface area contributed by atoms with Gasteiger partial charge in [-0.3, -0.25) is 5.10 Å². The molecule has 5 heteroatoms. The predicted molar refractivity (Wildman–Crippen MR) is 86.7 cm³/mol. The molecule has 0 aliphatic carbocycles. The highest BCUT2D eigenvalue weighted by atomic mass is 35.5. The standard InChI is InChI=1S/C16H13ClN4/c17-16-12-3-1-2-4-13(12)20-15(16)9-18-11-6-5-10-8-19-21-14(10)7-11/h1-8,18,20H,9H2,(H,19,21). The van der Waals surface area contributed by atoms with Gasteiger partial charge in [0.1, 0.15) is 0 Å². The van der Waals surface area contributed by atoms with E-state index in [4.69, 9.17) is 11.6 Å². The zero-order valence-corrected chi connectivity index (χ0v) is 11.9. The second kappa shape index (κ2) is 4.82. The lowest BCUT2D eigenvalue weighted by molar-refractivity contribution is 1.08. The highest BCUT2D eigenvalue weighted by molar-refractivity contribution is 6.36. The topological polar surface area (TPSA) is 56.5 Å². The van der Waals surface area contributed by atoms with Crippen LogP contribution < -0.4 is 5.32 Å². The van der Waals surface area contributed by atoms with Gasteiger partial charge >= 0.3 is 0 Å². The van der Waals surface area contributed by atoms with Crippen LogP contribution in [-0.2, 0) is 6.54 Å². The fourth-order valence-corrected chi connectivity index (χ4v) is 2.80. The molecule has 0 saturated carbocycles. The summed E-state index contributed by atoms with van der Waals surface area (Å²) in [7, 11) is 0. The van der Waals surface area contributed by atoms with E-state index in [0.717, 1.165) is 38.2 Å². The van der Waals surface area contributed by atoms with Crippen molar-refractivity contribution >= 4 is 39.1 Å². The lowest BCUT2D eigenvalue weighted by Crippen LogP contribution is -2.00. The van der Waals surface area contributed by atoms with E-state index >= 15 is 0 Å². The number of hydrogen-bond donors (Lipinski definition) is 3. The summed E-state index contributed by atoms with van der Waals surface area (Å²) in [6.07, 6.45) is 1.81. The third-order valence-electron chi connectivity index (χ3n) is 3.63. The summed E-state index contributed by atoms with van der Waals surface area (Å²) in [5, 5.41) is 13.3. The first kappa shape index (κ1) is 12.3. The number of hydrogen-bond acceptors (Lipinski definition) is 2. The molecule has 3 N–H and O–H groups in total. The van der Waals surface area contributed by atoms with Gasteiger partial charge in [-0.25, -0.2) is 0 Å². The Morgan fingerprint density at radius 3 is 2.90 bits per heavy atom. The minimum absolute atomic E-state index is 0.646. The van der Waals surface area contributed by atoms with E-state index < -0.39 is 0 Å². The van der Waals surface area contributed by atoms with Crippen LogP contribution >= 0.6 is 11.6 Å². The molecule has 2 aromatic carbocycles. The van der Waals surface area contributed by atoms with Crippen molar-refractivity contribution < 1.29 is 0 Å². The molecule has 0 aliphatic rings. The summed E-state index contributed by atoms with van der Waals surface area (Å²) in [6, 6.07) is 14.2. The van der Waals surface area contributed by atoms with Crippen LogP contribution in [0.1, 0.15) is 5.69 Å². The largest absolute Gasteiger partial charge is 0.379 e. The number of nitrogens with zero attached hydrogens (tertiary/aromatic N) is 1. The lowest BCUT2D eigenvalue weighted by atomic mass is 10.2. The van der Waals surface area contributed by atoms with E-state index in [-0.39, 0.29) is 0 Å². The molecule has 4 rings (SSSR count). The molecular weight excluding hydrogens is 284 g/mol. The smallest absolute Gasteiger partial charge is 0.0710 e. The number of fused-ring (bicyclic) bond motifs is 2. The second-order valence-corrected chi connectivity index (χ2v) is 5.37. The highest BCUT2D eigenvalue weighted by Gasteiger charge is 2.08. The Morgan fingerprint density at radius 2 is 2.00 bits per heavy atom. The van der Waals surface area contributed by atoms with Gasteiger partial charge in [-0.2, -0.15) is 5.10 Å². The monoisotopic (exact) mass is 296 g/mol. The molecule has 0 unspecified atom stereocenters. The van der Waals surface area contributed by atoms with E-state index in [9.17, 15) is 0 Å². The van der Waals surface area contributed by atoms with Gasteiger partial charge in [0.15, 0.2) is 0 Å². The number of para-hydroxylation sites is 1. The molecule has 0 aliphatic heterocycles. The number of aromatic nitrogens is 3. The number of anilines is 1. The van der Waals surface area contributed by atoms with Crippen molar-refractivity contribution in [2.45, 2.75) is 6.54 Å². The molecule has 21 heavy (non-hydrogen) atoms. The van der Waals surface area contributed by atoms with Crippen LogP contribution in [0.25, 0.3) is 21.8 Å². The Morgan fingerprint density at radius 1 is 1.10 bits per heavy atom. The Labute approximate surface area is 126 Å². The summed E-state index contributed by atoms with van der Waals surface area (Å²) in [5.74, 6) is 0. The van der Waals surface area contributed by atoms with Gasteiger partial charge in [-0.1, -0.05) is 29.8 Å². The quantitative estimate of drug-likeness (QED) is 0.527. The normalized spacial score (nSPS) is 11.3. The molecule has 0 radical (unpaired) electrons. The molecule has 0 bridgehead atoms. The van der Waals surface area contributed by atoms with Crippen LogP contribution in [0.15, 0.2) is 48.7 Å². The molecule has 0 spiro atoms. The van der Waals surface area contributed by atoms with Crippen LogP contribution in [0, 0.1) is 0 Å². The molecule has 0 atom stereocenters. The van der Waals surface area contributed by atoms with Gasteiger partial charge in [0.2, 0.25) is 0 Å². The summed E-state index contributed by atoms with van der Waals surface area (Å²) in [6.45, 7) is 0.646. The number of H-pyrrole nitrogens is 2. The third kappa shape index (κ3) is 2.14. The lowest BCUT2D eigenvalue weighted by Gasteiger charge is -2.05. The average molecular weight is 297 g/mol. The predicted octanol–water partition coefficient (Wildman–Crippen LogP) is 4.31. The van der Waals surface area contributed by atoms with E-state index in [2.05, 4.69) is 20.5 Å². The van der Waals surface area contributed by atoms with E-state index in [1.54, 1.807) is 0 Å². The second-order valence-electron chi connectivity index (χ2n) is 4.99. The first-order valence-corrected chi connectivity index (χ1v) is 7.11. The van der Waals surface area contributed by atoms with Crippen molar-refractivity contribution in [2.75, 3.05) is 5.32 Å². The number of nitrogens with one attached hydrogen (secondary N) is 3. The van der Waals surface area contributed by atoms with Crippen molar-refractivity contribution in [2.24, 2.45) is 0 Å². The van der Waals surface area contributed by atoms with Gasteiger partial charge in [-0.15, -0.1) is 0 Å². The zero-order valence-electron chi connectivity index (χ0n) is 11.2. The van der Waals surface area contributed by atoms with Gasteiger partial charge in [0.05, 0.1) is 29.0 Å². The van der Waals surface area contributed by atoms with Crippen LogP contribution in [0.3, 0.4) is 0 Å². The molecule has 4 aromatic rings. The Balaban J connectivity index is 1.61. The van der Waals surface area contributed by atoms with Gasteiger partial charge < -0.3 is 10.3 Å². The maximum Gasteiger partial charge on any atom is 0.0710 e. The maximum absolute atomic E-state index is 6.41. The molecule has 104 valence electrons. The summed E-state index contributed by atoms with van der Waals surface area (Å²) in [4.78, 5) is 3.35. The number of aromatic amines is 2. The zero-order chi connectivity index (χ0) is 14.2. The van der Waals surface area contributed by atoms with Crippen LogP contribution in [-0.4, -0.2) is 15.2 Å². The molecule has 0 saturated heterocycles. The highest BCUT2D eigenvalue weighted by Crippen LogP contribution is 2.28. The van der Waals surface area contributed by atoms with Crippen LogP contribution in [0.5, 0.6) is 0 Å². The van der Waals surface area contributed by atoms with E-state index in [1.807, 2.05) is 48.7 Å². The third-order valence-corrected chi connectivity index (χ3v) is 4.06. The van der Waals surface area contributed by atoms with E-state index in [1.165, 1.54) is 0 Å². The van der Waals surface area contributed by atoms with Crippen molar-refractivity contribution in [1.29, 1.82) is 0 Å². The minimum Gasteiger partial charge on any atom is -0.379 e. The molecular formula is C16H13ClN4. The maximum atomic E-state index is 6.41. The molecule has 0 fully saturated rings. The molecule has 2 aromatic heterocycles. The van der Waals surface area contributed by atoms with Gasteiger partial charge in [0, 0.05) is 22.0 Å². The SMILES string of the molecule is Clc1c(CNc2ccc3cn[nH]c3c2)[nH]c2ccccc12. The molecule has 2 heterocycles.